The van der Waals surface area contributed by atoms with Crippen molar-refractivity contribution in [2.45, 2.75) is 32.6 Å². The highest BCUT2D eigenvalue weighted by Crippen LogP contribution is 2.19. The summed E-state index contributed by atoms with van der Waals surface area (Å²) in [7, 11) is 0. The lowest BCUT2D eigenvalue weighted by molar-refractivity contribution is -0.152. The molecule has 1 aliphatic rings. The average Bonchev–Trinajstić information content (AvgIpc) is 2.66. The standard InChI is InChI=1S/C21H24N2O3/c1-16-13-22(14-17(2)26-16)20(24)21(25)23(19-11-7-4-8-12-19)15-18-9-5-3-6-10-18/h3-12,16-17H,13-15H2,1-2H3. The Hall–Kier alpha value is -2.66. The van der Waals surface area contributed by atoms with E-state index in [0.29, 0.717) is 25.3 Å². The van der Waals surface area contributed by atoms with Gasteiger partial charge in [0.25, 0.3) is 0 Å². The summed E-state index contributed by atoms with van der Waals surface area (Å²) < 4.78 is 5.67. The summed E-state index contributed by atoms with van der Waals surface area (Å²) in [5.74, 6) is -0.992. The van der Waals surface area contributed by atoms with Crippen LogP contribution in [-0.2, 0) is 20.9 Å². The first-order valence-electron chi connectivity index (χ1n) is 8.90. The lowest BCUT2D eigenvalue weighted by Crippen LogP contribution is -2.53. The molecule has 1 aliphatic heterocycles. The van der Waals surface area contributed by atoms with Gasteiger partial charge in [0.1, 0.15) is 0 Å². The summed E-state index contributed by atoms with van der Waals surface area (Å²) in [4.78, 5) is 29.1. The van der Waals surface area contributed by atoms with Gasteiger partial charge in [0.2, 0.25) is 0 Å². The Bertz CT molecular complexity index is 738. The van der Waals surface area contributed by atoms with Crippen LogP contribution in [0.3, 0.4) is 0 Å². The first-order valence-corrected chi connectivity index (χ1v) is 8.90. The molecule has 5 nitrogen and oxygen atoms in total. The third kappa shape index (κ3) is 4.29. The van der Waals surface area contributed by atoms with Crippen molar-refractivity contribution in [3.63, 3.8) is 0 Å². The third-order valence-corrected chi connectivity index (χ3v) is 4.39. The summed E-state index contributed by atoms with van der Waals surface area (Å²) in [6.07, 6.45) is -0.149. The molecular weight excluding hydrogens is 328 g/mol. The number of ether oxygens (including phenoxy) is 1. The second kappa shape index (κ2) is 8.15. The van der Waals surface area contributed by atoms with Gasteiger partial charge < -0.3 is 9.64 Å². The maximum absolute atomic E-state index is 13.1. The molecule has 0 bridgehead atoms. The summed E-state index contributed by atoms with van der Waals surface area (Å²) in [5, 5.41) is 0. The van der Waals surface area contributed by atoms with E-state index in [1.807, 2.05) is 74.5 Å². The van der Waals surface area contributed by atoms with Crippen LogP contribution in [0.5, 0.6) is 0 Å². The second-order valence-electron chi connectivity index (χ2n) is 6.68. The Morgan fingerprint density at radius 2 is 1.50 bits per heavy atom. The Balaban J connectivity index is 1.83. The van der Waals surface area contributed by atoms with Crippen LogP contribution in [0.25, 0.3) is 0 Å². The van der Waals surface area contributed by atoms with Crippen molar-refractivity contribution in [2.75, 3.05) is 18.0 Å². The topological polar surface area (TPSA) is 49.9 Å². The van der Waals surface area contributed by atoms with E-state index in [2.05, 4.69) is 0 Å². The van der Waals surface area contributed by atoms with Crippen LogP contribution in [-0.4, -0.2) is 42.0 Å². The lowest BCUT2D eigenvalue weighted by atomic mass is 10.1. The highest BCUT2D eigenvalue weighted by atomic mass is 16.5. The van der Waals surface area contributed by atoms with Crippen LogP contribution in [0.15, 0.2) is 60.7 Å². The van der Waals surface area contributed by atoms with E-state index in [1.54, 1.807) is 9.80 Å². The highest BCUT2D eigenvalue weighted by Gasteiger charge is 2.32. The van der Waals surface area contributed by atoms with Crippen molar-refractivity contribution in [1.82, 2.24) is 4.90 Å². The first kappa shape index (κ1) is 18.1. The zero-order valence-electron chi connectivity index (χ0n) is 15.2. The number of para-hydroxylation sites is 1. The Morgan fingerprint density at radius 3 is 2.08 bits per heavy atom. The molecule has 2 aromatic carbocycles. The van der Waals surface area contributed by atoms with Gasteiger partial charge in [-0.25, -0.2) is 0 Å². The third-order valence-electron chi connectivity index (χ3n) is 4.39. The van der Waals surface area contributed by atoms with Crippen LogP contribution >= 0.6 is 0 Å². The van der Waals surface area contributed by atoms with Crippen molar-refractivity contribution in [1.29, 1.82) is 0 Å². The zero-order valence-corrected chi connectivity index (χ0v) is 15.2. The second-order valence-corrected chi connectivity index (χ2v) is 6.68. The van der Waals surface area contributed by atoms with Crippen molar-refractivity contribution in [2.24, 2.45) is 0 Å². The van der Waals surface area contributed by atoms with E-state index < -0.39 is 11.8 Å². The van der Waals surface area contributed by atoms with E-state index in [9.17, 15) is 9.59 Å². The number of carbonyl (C=O) groups excluding carboxylic acids is 2. The Labute approximate surface area is 154 Å². The van der Waals surface area contributed by atoms with Gasteiger partial charge in [0.15, 0.2) is 0 Å². The van der Waals surface area contributed by atoms with Crippen LogP contribution in [0.4, 0.5) is 5.69 Å². The fourth-order valence-corrected chi connectivity index (χ4v) is 3.25. The van der Waals surface area contributed by atoms with Gasteiger partial charge in [0.05, 0.1) is 18.8 Å². The molecular formula is C21H24N2O3. The van der Waals surface area contributed by atoms with Gasteiger partial charge in [-0.2, -0.15) is 0 Å². The molecule has 2 amide bonds. The molecule has 1 fully saturated rings. The van der Waals surface area contributed by atoms with Gasteiger partial charge in [-0.1, -0.05) is 48.5 Å². The van der Waals surface area contributed by atoms with E-state index in [1.165, 1.54) is 0 Å². The molecule has 0 saturated carbocycles. The molecule has 0 radical (unpaired) electrons. The number of carbonyl (C=O) groups is 2. The van der Waals surface area contributed by atoms with E-state index >= 15 is 0 Å². The van der Waals surface area contributed by atoms with Crippen molar-refractivity contribution in [3.8, 4) is 0 Å². The maximum atomic E-state index is 13.1. The molecule has 1 heterocycles. The average molecular weight is 352 g/mol. The SMILES string of the molecule is CC1CN(C(=O)C(=O)N(Cc2ccccc2)c2ccccc2)CC(C)O1. The smallest absolute Gasteiger partial charge is 0.316 e. The Morgan fingerprint density at radius 1 is 0.962 bits per heavy atom. The molecule has 136 valence electrons. The van der Waals surface area contributed by atoms with Crippen LogP contribution in [0, 0.1) is 0 Å². The minimum Gasteiger partial charge on any atom is -0.372 e. The fraction of sp³-hybridized carbons (Fsp3) is 0.333. The minimum absolute atomic E-state index is 0.0743. The van der Waals surface area contributed by atoms with Crippen LogP contribution < -0.4 is 4.90 Å². The largest absolute Gasteiger partial charge is 0.372 e. The molecule has 0 aliphatic carbocycles. The zero-order chi connectivity index (χ0) is 18.5. The predicted octanol–water partition coefficient (Wildman–Crippen LogP) is 2.86. The molecule has 2 aromatic rings. The number of nitrogens with zero attached hydrogens (tertiary/aromatic N) is 2. The van der Waals surface area contributed by atoms with Crippen LogP contribution in [0.2, 0.25) is 0 Å². The molecule has 0 spiro atoms. The number of rotatable bonds is 3. The number of amides is 2. The quantitative estimate of drug-likeness (QED) is 0.798. The molecule has 26 heavy (non-hydrogen) atoms. The summed E-state index contributed by atoms with van der Waals surface area (Å²) in [6.45, 7) is 5.05. The van der Waals surface area contributed by atoms with Gasteiger partial charge >= 0.3 is 11.8 Å². The Kier molecular flexibility index (Phi) is 5.68. The van der Waals surface area contributed by atoms with Gasteiger partial charge in [-0.05, 0) is 31.5 Å². The molecule has 2 atom stereocenters. The number of anilines is 1. The normalized spacial score (nSPS) is 19.8. The lowest BCUT2D eigenvalue weighted by Gasteiger charge is -2.36. The van der Waals surface area contributed by atoms with E-state index in [4.69, 9.17) is 4.74 Å². The molecule has 2 unspecified atom stereocenters. The van der Waals surface area contributed by atoms with Crippen molar-refractivity contribution >= 4 is 17.5 Å². The maximum Gasteiger partial charge on any atom is 0.316 e. The van der Waals surface area contributed by atoms with Crippen molar-refractivity contribution < 1.29 is 14.3 Å². The van der Waals surface area contributed by atoms with Gasteiger partial charge in [-0.15, -0.1) is 0 Å². The first-order chi connectivity index (χ1) is 12.5. The van der Waals surface area contributed by atoms with Crippen molar-refractivity contribution in [3.05, 3.63) is 66.2 Å². The number of benzene rings is 2. The van der Waals surface area contributed by atoms with E-state index in [0.717, 1.165) is 5.56 Å². The summed E-state index contributed by atoms with van der Waals surface area (Å²) in [5.41, 5.74) is 1.69. The van der Waals surface area contributed by atoms with Gasteiger partial charge in [0, 0.05) is 18.8 Å². The molecule has 0 N–H and O–H groups in total. The monoisotopic (exact) mass is 352 g/mol. The molecule has 3 rings (SSSR count). The fourth-order valence-electron chi connectivity index (χ4n) is 3.25. The van der Waals surface area contributed by atoms with Gasteiger partial charge in [-0.3, -0.25) is 14.5 Å². The number of hydrogen-bond donors (Lipinski definition) is 0. The minimum atomic E-state index is -0.513. The van der Waals surface area contributed by atoms with E-state index in [-0.39, 0.29) is 12.2 Å². The molecule has 5 heteroatoms. The number of morpholine rings is 1. The predicted molar refractivity (Wildman–Crippen MR) is 101 cm³/mol. The summed E-state index contributed by atoms with van der Waals surface area (Å²) >= 11 is 0. The number of hydrogen-bond acceptors (Lipinski definition) is 3. The molecule has 0 aromatic heterocycles. The molecule has 1 saturated heterocycles. The summed E-state index contributed by atoms with van der Waals surface area (Å²) in [6, 6.07) is 19.0. The van der Waals surface area contributed by atoms with Crippen LogP contribution in [0.1, 0.15) is 19.4 Å². The highest BCUT2D eigenvalue weighted by molar-refractivity contribution is 6.40.